The minimum Gasteiger partial charge on any atom is -0.493 e. The number of likely N-dealkylation sites (N-methyl/N-ethyl adjacent to an activating group) is 1. The maximum atomic E-state index is 13.0. The molecular formula is C27H29NO4. The number of benzene rings is 3. The first-order valence-corrected chi connectivity index (χ1v) is 10.6. The third-order valence-corrected chi connectivity index (χ3v) is 5.62. The zero-order valence-corrected chi connectivity index (χ0v) is 19.0. The molecule has 0 spiro atoms. The number of hydrogen-bond acceptors (Lipinski definition) is 4. The summed E-state index contributed by atoms with van der Waals surface area (Å²) >= 11 is 0. The van der Waals surface area contributed by atoms with Crippen LogP contribution in [0.3, 0.4) is 0 Å². The van der Waals surface area contributed by atoms with Crippen molar-refractivity contribution in [3.63, 3.8) is 0 Å². The molecule has 1 atom stereocenters. The van der Waals surface area contributed by atoms with E-state index in [-0.39, 0.29) is 17.6 Å². The van der Waals surface area contributed by atoms with Crippen molar-refractivity contribution in [2.75, 3.05) is 27.8 Å². The van der Waals surface area contributed by atoms with Crippen LogP contribution >= 0.6 is 0 Å². The lowest BCUT2D eigenvalue weighted by Crippen LogP contribution is -2.32. The Morgan fingerprint density at radius 2 is 1.53 bits per heavy atom. The summed E-state index contributed by atoms with van der Waals surface area (Å²) in [7, 11) is 5.02. The van der Waals surface area contributed by atoms with Gasteiger partial charge in [-0.25, -0.2) is 0 Å². The minimum atomic E-state index is -0.353. The van der Waals surface area contributed by atoms with Crippen molar-refractivity contribution in [3.05, 3.63) is 95.1 Å². The Bertz CT molecular complexity index is 1080. The quantitative estimate of drug-likeness (QED) is 0.459. The first-order valence-electron chi connectivity index (χ1n) is 10.6. The highest BCUT2D eigenvalue weighted by molar-refractivity contribution is 6.09. The van der Waals surface area contributed by atoms with Gasteiger partial charge in [0.25, 0.3) is 0 Å². The molecule has 0 heterocycles. The Morgan fingerprint density at radius 1 is 0.844 bits per heavy atom. The average Bonchev–Trinajstić information content (AvgIpc) is 2.86. The summed E-state index contributed by atoms with van der Waals surface area (Å²) in [6, 6.07) is 22.3. The van der Waals surface area contributed by atoms with Gasteiger partial charge < -0.3 is 14.4 Å². The van der Waals surface area contributed by atoms with E-state index in [4.69, 9.17) is 9.47 Å². The summed E-state index contributed by atoms with van der Waals surface area (Å²) in [5, 5.41) is 0. The number of rotatable bonds is 9. The fourth-order valence-electron chi connectivity index (χ4n) is 3.62. The number of ether oxygens (including phenoxy) is 2. The number of carbonyl (C=O) groups excluding carboxylic acids is 2. The van der Waals surface area contributed by atoms with Crippen molar-refractivity contribution >= 4 is 11.7 Å². The molecule has 0 bridgehead atoms. The van der Waals surface area contributed by atoms with Crippen LogP contribution in [0.1, 0.15) is 39.9 Å². The molecule has 3 aromatic rings. The van der Waals surface area contributed by atoms with Gasteiger partial charge in [0.2, 0.25) is 5.91 Å². The highest BCUT2D eigenvalue weighted by Gasteiger charge is 2.20. The van der Waals surface area contributed by atoms with Gasteiger partial charge in [-0.3, -0.25) is 9.59 Å². The van der Waals surface area contributed by atoms with Crippen LogP contribution in [0.4, 0.5) is 0 Å². The second-order valence-corrected chi connectivity index (χ2v) is 7.74. The van der Waals surface area contributed by atoms with Gasteiger partial charge in [0.05, 0.1) is 20.1 Å². The Hall–Kier alpha value is -3.60. The largest absolute Gasteiger partial charge is 0.493 e. The fraction of sp³-hybridized carbons (Fsp3) is 0.259. The lowest BCUT2D eigenvalue weighted by Gasteiger charge is -2.22. The average molecular weight is 432 g/mol. The van der Waals surface area contributed by atoms with Crippen LogP contribution in [0.2, 0.25) is 0 Å². The highest BCUT2D eigenvalue weighted by Crippen LogP contribution is 2.28. The standard InChI is InChI=1S/C27H29NO4/c1-19(22-11-8-12-23(18-22)26(29)21-9-6-5-7-10-21)27(30)28(2)16-15-20-13-14-24(31-3)25(17-20)32-4/h5-14,17-19H,15-16H2,1-4H3. The van der Waals surface area contributed by atoms with E-state index in [1.165, 1.54) is 0 Å². The summed E-state index contributed by atoms with van der Waals surface area (Å²) in [5.41, 5.74) is 3.11. The molecule has 0 aliphatic heterocycles. The molecule has 3 rings (SSSR count). The van der Waals surface area contributed by atoms with E-state index in [0.29, 0.717) is 35.6 Å². The Kier molecular flexibility index (Phi) is 7.66. The third kappa shape index (κ3) is 5.35. The van der Waals surface area contributed by atoms with Gasteiger partial charge in [-0.15, -0.1) is 0 Å². The number of nitrogens with zero attached hydrogens (tertiary/aromatic N) is 1. The smallest absolute Gasteiger partial charge is 0.229 e. The Balaban J connectivity index is 1.67. The number of methoxy groups -OCH3 is 2. The Labute approximate surface area is 189 Å². The predicted octanol–water partition coefficient (Wildman–Crippen LogP) is 4.74. The van der Waals surface area contributed by atoms with Gasteiger partial charge >= 0.3 is 0 Å². The predicted molar refractivity (Wildman–Crippen MR) is 126 cm³/mol. The molecule has 0 aliphatic carbocycles. The fourth-order valence-corrected chi connectivity index (χ4v) is 3.62. The third-order valence-electron chi connectivity index (χ3n) is 5.62. The monoisotopic (exact) mass is 431 g/mol. The number of hydrogen-bond donors (Lipinski definition) is 0. The number of amides is 1. The second kappa shape index (κ2) is 10.6. The van der Waals surface area contributed by atoms with E-state index >= 15 is 0 Å². The molecule has 1 unspecified atom stereocenters. The van der Waals surface area contributed by atoms with Gasteiger partial charge in [-0.2, -0.15) is 0 Å². The number of ketones is 1. The van der Waals surface area contributed by atoms with Gasteiger partial charge in [0.1, 0.15) is 0 Å². The maximum absolute atomic E-state index is 13.0. The maximum Gasteiger partial charge on any atom is 0.229 e. The molecule has 0 N–H and O–H groups in total. The molecular weight excluding hydrogens is 402 g/mol. The van der Waals surface area contributed by atoms with E-state index in [9.17, 15) is 9.59 Å². The van der Waals surface area contributed by atoms with Crippen molar-refractivity contribution in [1.82, 2.24) is 4.90 Å². The zero-order chi connectivity index (χ0) is 23.1. The molecule has 0 aromatic heterocycles. The summed E-state index contributed by atoms with van der Waals surface area (Å²) in [4.78, 5) is 27.5. The minimum absolute atomic E-state index is 0.00906. The van der Waals surface area contributed by atoms with Gasteiger partial charge in [-0.1, -0.05) is 54.6 Å². The molecule has 1 amide bonds. The van der Waals surface area contributed by atoms with Crippen LogP contribution in [-0.2, 0) is 11.2 Å². The topological polar surface area (TPSA) is 55.8 Å². The van der Waals surface area contributed by atoms with E-state index in [0.717, 1.165) is 11.1 Å². The molecule has 5 nitrogen and oxygen atoms in total. The van der Waals surface area contributed by atoms with Crippen LogP contribution in [0.25, 0.3) is 0 Å². The second-order valence-electron chi connectivity index (χ2n) is 7.74. The van der Waals surface area contributed by atoms with Crippen molar-refractivity contribution in [2.24, 2.45) is 0 Å². The van der Waals surface area contributed by atoms with Crippen molar-refractivity contribution in [2.45, 2.75) is 19.3 Å². The van der Waals surface area contributed by atoms with E-state index in [1.807, 2.05) is 61.5 Å². The highest BCUT2D eigenvalue weighted by atomic mass is 16.5. The molecule has 0 radical (unpaired) electrons. The molecule has 32 heavy (non-hydrogen) atoms. The van der Waals surface area contributed by atoms with Gasteiger partial charge in [0, 0.05) is 24.7 Å². The van der Waals surface area contributed by atoms with Crippen LogP contribution in [0.15, 0.2) is 72.8 Å². The van der Waals surface area contributed by atoms with Crippen LogP contribution < -0.4 is 9.47 Å². The van der Waals surface area contributed by atoms with E-state index < -0.39 is 0 Å². The van der Waals surface area contributed by atoms with Gasteiger partial charge in [0.15, 0.2) is 17.3 Å². The van der Waals surface area contributed by atoms with Gasteiger partial charge in [-0.05, 0) is 42.7 Å². The molecule has 0 fully saturated rings. The number of carbonyl (C=O) groups is 2. The lowest BCUT2D eigenvalue weighted by atomic mass is 9.95. The zero-order valence-electron chi connectivity index (χ0n) is 19.0. The van der Waals surface area contributed by atoms with Crippen LogP contribution in [-0.4, -0.2) is 44.4 Å². The molecule has 5 heteroatoms. The normalized spacial score (nSPS) is 11.5. The molecule has 0 saturated heterocycles. The first-order chi connectivity index (χ1) is 15.4. The Morgan fingerprint density at radius 3 is 2.22 bits per heavy atom. The summed E-state index contributed by atoms with van der Waals surface area (Å²) in [6.07, 6.45) is 0.696. The van der Waals surface area contributed by atoms with Crippen LogP contribution in [0.5, 0.6) is 11.5 Å². The van der Waals surface area contributed by atoms with Crippen LogP contribution in [0, 0.1) is 0 Å². The summed E-state index contributed by atoms with van der Waals surface area (Å²) in [5.74, 6) is 0.962. The lowest BCUT2D eigenvalue weighted by molar-refractivity contribution is -0.131. The summed E-state index contributed by atoms with van der Waals surface area (Å²) < 4.78 is 10.6. The molecule has 166 valence electrons. The molecule has 0 aliphatic rings. The SMILES string of the molecule is COc1ccc(CCN(C)C(=O)C(C)c2cccc(C(=O)c3ccccc3)c2)cc1OC. The van der Waals surface area contributed by atoms with Crippen molar-refractivity contribution in [3.8, 4) is 11.5 Å². The van der Waals surface area contributed by atoms with E-state index in [2.05, 4.69) is 0 Å². The van der Waals surface area contributed by atoms with Crippen molar-refractivity contribution < 1.29 is 19.1 Å². The molecule has 0 saturated carbocycles. The van der Waals surface area contributed by atoms with Crippen molar-refractivity contribution in [1.29, 1.82) is 0 Å². The first kappa shape index (κ1) is 23.1. The molecule has 3 aromatic carbocycles. The van der Waals surface area contributed by atoms with E-state index in [1.54, 1.807) is 44.4 Å². The summed E-state index contributed by atoms with van der Waals surface area (Å²) in [6.45, 7) is 2.45.